The second kappa shape index (κ2) is 3.97. The number of dihydropyridines is 1. The highest BCUT2D eigenvalue weighted by Gasteiger charge is 2.26. The van der Waals surface area contributed by atoms with E-state index in [2.05, 4.69) is 16.3 Å². The van der Waals surface area contributed by atoms with Crippen LogP contribution in [0.1, 0.15) is 0 Å². The van der Waals surface area contributed by atoms with Crippen LogP contribution in [0.2, 0.25) is 0 Å². The summed E-state index contributed by atoms with van der Waals surface area (Å²) in [6, 6.07) is 12.2. The molecule has 1 aromatic rings. The quantitative estimate of drug-likeness (QED) is 0.776. The highest BCUT2D eigenvalue weighted by Crippen LogP contribution is 2.32. The van der Waals surface area contributed by atoms with Crippen LogP contribution < -0.4 is 16.0 Å². The van der Waals surface area contributed by atoms with Crippen LogP contribution in [-0.4, -0.2) is 6.54 Å². The van der Waals surface area contributed by atoms with Gasteiger partial charge in [0.15, 0.2) is 0 Å². The van der Waals surface area contributed by atoms with E-state index in [4.69, 9.17) is 11.0 Å². The van der Waals surface area contributed by atoms with Gasteiger partial charge in [0.25, 0.3) is 0 Å². The Hall–Kier alpha value is -2.67. The van der Waals surface area contributed by atoms with Crippen LogP contribution in [0.3, 0.4) is 0 Å². The third kappa shape index (κ3) is 1.54. The fourth-order valence-electron chi connectivity index (χ4n) is 2.19. The van der Waals surface area contributed by atoms with E-state index in [1.165, 1.54) is 0 Å². The van der Waals surface area contributed by atoms with Crippen molar-refractivity contribution in [2.75, 3.05) is 11.4 Å². The van der Waals surface area contributed by atoms with E-state index in [0.29, 0.717) is 11.4 Å². The molecule has 0 unspecified atom stereocenters. The number of anilines is 1. The molecule has 88 valence electrons. The summed E-state index contributed by atoms with van der Waals surface area (Å²) in [5.74, 6) is 0.419. The minimum atomic E-state index is 0.419. The second-order valence-corrected chi connectivity index (χ2v) is 4.22. The van der Waals surface area contributed by atoms with Gasteiger partial charge in [-0.1, -0.05) is 18.2 Å². The molecule has 3 rings (SSSR count). The molecule has 3 N–H and O–H groups in total. The van der Waals surface area contributed by atoms with Gasteiger partial charge in [-0.25, -0.2) is 0 Å². The van der Waals surface area contributed by atoms with Crippen LogP contribution in [-0.2, 0) is 0 Å². The van der Waals surface area contributed by atoms with Crippen LogP contribution in [0.4, 0.5) is 5.69 Å². The lowest BCUT2D eigenvalue weighted by Gasteiger charge is -2.16. The average molecular weight is 236 g/mol. The minimum absolute atomic E-state index is 0.419. The zero-order chi connectivity index (χ0) is 12.5. The fraction of sp³-hybridized carbons (Fsp3) is 0.0714. The summed E-state index contributed by atoms with van der Waals surface area (Å²) in [7, 11) is 0. The van der Waals surface area contributed by atoms with E-state index in [0.717, 1.165) is 23.4 Å². The van der Waals surface area contributed by atoms with Crippen molar-refractivity contribution in [1.29, 1.82) is 5.26 Å². The monoisotopic (exact) mass is 236 g/mol. The minimum Gasteiger partial charge on any atom is -0.384 e. The first-order valence-corrected chi connectivity index (χ1v) is 5.69. The summed E-state index contributed by atoms with van der Waals surface area (Å²) in [6.07, 6.45) is 3.85. The van der Waals surface area contributed by atoms with Gasteiger partial charge in [0.2, 0.25) is 0 Å². The molecule has 0 aliphatic carbocycles. The van der Waals surface area contributed by atoms with E-state index in [-0.39, 0.29) is 0 Å². The normalized spacial score (nSPS) is 17.6. The number of nitrogens with two attached hydrogens (primary N) is 1. The van der Waals surface area contributed by atoms with Crippen molar-refractivity contribution in [2.24, 2.45) is 5.73 Å². The number of para-hydroxylation sites is 1. The summed E-state index contributed by atoms with van der Waals surface area (Å²) in [5, 5.41) is 12.1. The largest absolute Gasteiger partial charge is 0.384 e. The summed E-state index contributed by atoms with van der Waals surface area (Å²) in [5.41, 5.74) is 9.40. The molecule has 0 amide bonds. The first kappa shape index (κ1) is 10.5. The summed E-state index contributed by atoms with van der Waals surface area (Å²) in [4.78, 5) is 2.11. The molecule has 2 heterocycles. The number of rotatable bonds is 1. The second-order valence-electron chi connectivity index (χ2n) is 4.22. The third-order valence-electron chi connectivity index (χ3n) is 3.11. The number of nitriles is 1. The van der Waals surface area contributed by atoms with Crippen molar-refractivity contribution < 1.29 is 0 Å². The highest BCUT2D eigenvalue weighted by molar-refractivity contribution is 5.67. The zero-order valence-electron chi connectivity index (χ0n) is 9.72. The lowest BCUT2D eigenvalue weighted by molar-refractivity contribution is 0.962. The zero-order valence-corrected chi connectivity index (χ0v) is 9.72. The first-order chi connectivity index (χ1) is 8.79. The van der Waals surface area contributed by atoms with Crippen molar-refractivity contribution in [3.8, 4) is 6.07 Å². The van der Waals surface area contributed by atoms with Crippen LogP contribution in [0.15, 0.2) is 65.3 Å². The maximum absolute atomic E-state index is 9.15. The molecule has 0 aromatic heterocycles. The van der Waals surface area contributed by atoms with Crippen molar-refractivity contribution >= 4 is 5.69 Å². The molecule has 4 nitrogen and oxygen atoms in total. The topological polar surface area (TPSA) is 65.1 Å². The summed E-state index contributed by atoms with van der Waals surface area (Å²) < 4.78 is 0. The van der Waals surface area contributed by atoms with Crippen molar-refractivity contribution in [3.63, 3.8) is 0 Å². The van der Waals surface area contributed by atoms with Gasteiger partial charge in [-0.2, -0.15) is 5.26 Å². The Kier molecular flexibility index (Phi) is 2.31. The average Bonchev–Trinajstić information content (AvgIpc) is 2.84. The van der Waals surface area contributed by atoms with Crippen LogP contribution in [0.25, 0.3) is 0 Å². The van der Waals surface area contributed by atoms with Gasteiger partial charge >= 0.3 is 0 Å². The molecule has 18 heavy (non-hydrogen) atoms. The smallest absolute Gasteiger partial charge is 0.119 e. The lowest BCUT2D eigenvalue weighted by atomic mass is 10.0. The molecule has 0 saturated carbocycles. The number of nitrogens with one attached hydrogen (secondary N) is 1. The third-order valence-corrected chi connectivity index (χ3v) is 3.11. The van der Waals surface area contributed by atoms with Crippen molar-refractivity contribution in [1.82, 2.24) is 5.32 Å². The molecule has 1 aromatic carbocycles. The Morgan fingerprint density at radius 1 is 1.28 bits per heavy atom. The number of fused-ring (bicyclic) bond motifs is 1. The molecule has 0 radical (unpaired) electrons. The molecule has 0 spiro atoms. The Labute approximate surface area is 105 Å². The maximum atomic E-state index is 9.15. The van der Waals surface area contributed by atoms with E-state index in [9.17, 15) is 0 Å². The SMILES string of the molecule is N#CC1=C(N)NC=C2CN(c3ccccc3)C=C21. The summed E-state index contributed by atoms with van der Waals surface area (Å²) in [6.45, 7) is 0.755. The predicted molar refractivity (Wildman–Crippen MR) is 69.9 cm³/mol. The standard InChI is InChI=1S/C14H12N4/c15-6-12-13-9-18(11-4-2-1-3-5-11)8-10(13)7-17-14(12)16/h1-5,7,9,17H,8,16H2. The first-order valence-electron chi connectivity index (χ1n) is 5.69. The molecule has 2 aliphatic heterocycles. The van der Waals surface area contributed by atoms with E-state index >= 15 is 0 Å². The van der Waals surface area contributed by atoms with Gasteiger partial charge in [-0.3, -0.25) is 0 Å². The van der Waals surface area contributed by atoms with Crippen LogP contribution in [0.5, 0.6) is 0 Å². The fourth-order valence-corrected chi connectivity index (χ4v) is 2.19. The Morgan fingerprint density at radius 3 is 2.78 bits per heavy atom. The highest BCUT2D eigenvalue weighted by atomic mass is 15.1. The van der Waals surface area contributed by atoms with E-state index in [1.807, 2.05) is 42.7 Å². The number of benzene rings is 1. The molecule has 2 aliphatic rings. The number of nitrogens with zero attached hydrogens (tertiary/aromatic N) is 2. The van der Waals surface area contributed by atoms with Gasteiger partial charge in [0, 0.05) is 30.2 Å². The van der Waals surface area contributed by atoms with Crippen LogP contribution in [0, 0.1) is 11.3 Å². The van der Waals surface area contributed by atoms with Gasteiger partial charge in [-0.15, -0.1) is 0 Å². The van der Waals surface area contributed by atoms with Gasteiger partial charge < -0.3 is 16.0 Å². The van der Waals surface area contributed by atoms with E-state index < -0.39 is 0 Å². The number of hydrogen-bond acceptors (Lipinski definition) is 4. The Morgan fingerprint density at radius 2 is 2.06 bits per heavy atom. The molecular formula is C14H12N4. The Bertz CT molecular complexity index is 617. The van der Waals surface area contributed by atoms with Crippen molar-refractivity contribution in [3.05, 3.63) is 65.3 Å². The Balaban J connectivity index is 2.01. The molecule has 0 fully saturated rings. The van der Waals surface area contributed by atoms with Gasteiger partial charge in [-0.05, 0) is 17.7 Å². The molecule has 0 saturated heterocycles. The van der Waals surface area contributed by atoms with Gasteiger partial charge in [0.05, 0.1) is 0 Å². The van der Waals surface area contributed by atoms with E-state index in [1.54, 1.807) is 0 Å². The molecule has 0 bridgehead atoms. The predicted octanol–water partition coefficient (Wildman–Crippen LogP) is 1.57. The molecule has 4 heteroatoms. The molecular weight excluding hydrogens is 224 g/mol. The number of allylic oxidation sites excluding steroid dienone is 1. The van der Waals surface area contributed by atoms with Crippen LogP contribution >= 0.6 is 0 Å². The van der Waals surface area contributed by atoms with Crippen molar-refractivity contribution in [2.45, 2.75) is 0 Å². The lowest BCUT2D eigenvalue weighted by Crippen LogP contribution is -2.22. The van der Waals surface area contributed by atoms with Gasteiger partial charge in [0.1, 0.15) is 17.5 Å². The summed E-state index contributed by atoms with van der Waals surface area (Å²) >= 11 is 0. The molecule has 0 atom stereocenters. The number of hydrogen-bond donors (Lipinski definition) is 2. The maximum Gasteiger partial charge on any atom is 0.119 e.